The average molecular weight is 322 g/mol. The van der Waals surface area contributed by atoms with E-state index >= 15 is 0 Å². The van der Waals surface area contributed by atoms with E-state index in [9.17, 15) is 0 Å². The van der Waals surface area contributed by atoms with Gasteiger partial charge in [0.15, 0.2) is 10.3 Å². The maximum atomic E-state index is 4.08. The maximum absolute atomic E-state index is 4.08. The molecule has 0 atom stereocenters. The summed E-state index contributed by atoms with van der Waals surface area (Å²) in [6.45, 7) is 2.70. The molecule has 0 aliphatic carbocycles. The highest BCUT2D eigenvalue weighted by Gasteiger charge is 1.96. The second kappa shape index (κ2) is 10.9. The molecule has 0 unspecified atom stereocenters. The van der Waals surface area contributed by atoms with Gasteiger partial charge in [-0.3, -0.25) is 0 Å². The van der Waals surface area contributed by atoms with E-state index in [1.54, 1.807) is 0 Å². The van der Waals surface area contributed by atoms with Crippen LogP contribution in [0.15, 0.2) is 50.7 Å². The minimum absolute atomic E-state index is 0.459. The number of nitrogens with one attached hydrogen (secondary N) is 2. The predicted molar refractivity (Wildman–Crippen MR) is 98.1 cm³/mol. The summed E-state index contributed by atoms with van der Waals surface area (Å²) in [6.07, 6.45) is 4.82. The summed E-state index contributed by atoms with van der Waals surface area (Å²) in [4.78, 5) is 0. The summed E-state index contributed by atoms with van der Waals surface area (Å²) in [5.41, 5.74) is 0.962. The van der Waals surface area contributed by atoms with Gasteiger partial charge in [0.2, 0.25) is 0 Å². The van der Waals surface area contributed by atoms with Gasteiger partial charge in [-0.2, -0.15) is 10.2 Å². The number of thiol groups is 1. The van der Waals surface area contributed by atoms with Crippen molar-refractivity contribution in [2.45, 2.75) is 6.92 Å². The summed E-state index contributed by atoms with van der Waals surface area (Å²) >= 11 is 5.55. The number of rotatable bonds is 5. The summed E-state index contributed by atoms with van der Waals surface area (Å²) in [7, 11) is 0. The highest BCUT2D eigenvalue weighted by Crippen LogP contribution is 2.09. The van der Waals surface area contributed by atoms with Crippen molar-refractivity contribution in [1.82, 2.24) is 5.32 Å². The van der Waals surface area contributed by atoms with Gasteiger partial charge in [-0.15, -0.1) is 22.8 Å². The Morgan fingerprint density at radius 1 is 1.19 bits per heavy atom. The summed E-state index contributed by atoms with van der Waals surface area (Å²) in [5, 5.41) is 22.7. The molecule has 1 aromatic carbocycles. The van der Waals surface area contributed by atoms with Crippen molar-refractivity contribution >= 4 is 52.8 Å². The molecule has 21 heavy (non-hydrogen) atoms. The molecule has 0 saturated carbocycles. The fourth-order valence-corrected chi connectivity index (χ4v) is 1.75. The Bertz CT molecular complexity index is 525. The molecule has 1 rings (SSSR count). The van der Waals surface area contributed by atoms with Crippen molar-refractivity contribution in [1.29, 1.82) is 0 Å². The van der Waals surface area contributed by atoms with E-state index in [0.717, 1.165) is 12.2 Å². The van der Waals surface area contributed by atoms with Crippen LogP contribution in [0.1, 0.15) is 6.92 Å². The van der Waals surface area contributed by atoms with Crippen molar-refractivity contribution in [2.24, 2.45) is 20.4 Å². The zero-order valence-corrected chi connectivity index (χ0v) is 13.6. The van der Waals surface area contributed by atoms with Gasteiger partial charge >= 0.3 is 0 Å². The lowest BCUT2D eigenvalue weighted by atomic mass is 10.3. The normalized spacial score (nSPS) is 13.1. The van der Waals surface area contributed by atoms with Crippen molar-refractivity contribution in [3.8, 4) is 0 Å². The fourth-order valence-electron chi connectivity index (χ4n) is 1.19. The van der Waals surface area contributed by atoms with E-state index in [1.807, 2.05) is 43.5 Å². The third kappa shape index (κ3) is 8.16. The molecule has 0 aliphatic rings. The lowest BCUT2D eigenvalue weighted by Gasteiger charge is -2.04. The zero-order valence-electron chi connectivity index (χ0n) is 11.9. The zero-order chi connectivity index (χ0) is 15.3. The Labute approximate surface area is 134 Å². The summed E-state index contributed by atoms with van der Waals surface area (Å²) in [6, 6.07) is 9.78. The minimum Gasteiger partial charge on any atom is -0.364 e. The molecule has 0 aliphatic heterocycles. The van der Waals surface area contributed by atoms with Gasteiger partial charge < -0.3 is 10.6 Å². The van der Waals surface area contributed by atoms with E-state index in [4.69, 9.17) is 0 Å². The Balaban J connectivity index is 2.50. The highest BCUT2D eigenvalue weighted by atomic mass is 32.2. The van der Waals surface area contributed by atoms with Crippen LogP contribution in [0, 0.1) is 0 Å². The molecule has 0 saturated heterocycles. The van der Waals surface area contributed by atoms with Crippen LogP contribution in [0.2, 0.25) is 0 Å². The van der Waals surface area contributed by atoms with Gasteiger partial charge in [-0.05, 0) is 25.3 Å². The molecule has 6 nitrogen and oxygen atoms in total. The molecule has 1 aromatic rings. The smallest absolute Gasteiger partial charge is 0.187 e. The first-order chi connectivity index (χ1) is 10.3. The molecule has 0 bridgehead atoms. The molecule has 0 amide bonds. The van der Waals surface area contributed by atoms with Crippen molar-refractivity contribution in [2.75, 3.05) is 18.1 Å². The lowest BCUT2D eigenvalue weighted by molar-refractivity contribution is 0.972. The number of nitrogens with zero attached hydrogens (tertiary/aromatic N) is 4. The van der Waals surface area contributed by atoms with Crippen LogP contribution in [0.25, 0.3) is 0 Å². The van der Waals surface area contributed by atoms with E-state index in [2.05, 4.69) is 43.7 Å². The number of hydrogen-bond donors (Lipinski definition) is 3. The molecule has 0 aromatic heterocycles. The Hall–Kier alpha value is -1.80. The first kappa shape index (κ1) is 17.3. The Morgan fingerprint density at radius 2 is 1.86 bits per heavy atom. The molecule has 112 valence electrons. The topological polar surface area (TPSA) is 73.5 Å². The third-order valence-electron chi connectivity index (χ3n) is 2.05. The van der Waals surface area contributed by atoms with Crippen molar-refractivity contribution in [3.05, 3.63) is 30.3 Å². The highest BCUT2D eigenvalue weighted by molar-refractivity contribution is 8.13. The second-order valence-corrected chi connectivity index (χ2v) is 4.80. The molecular weight excluding hydrogens is 304 g/mol. The molecule has 0 heterocycles. The van der Waals surface area contributed by atoms with E-state index in [1.165, 1.54) is 24.2 Å². The van der Waals surface area contributed by atoms with E-state index in [0.29, 0.717) is 10.3 Å². The largest absolute Gasteiger partial charge is 0.364 e. The van der Waals surface area contributed by atoms with Crippen LogP contribution in [0.4, 0.5) is 5.69 Å². The van der Waals surface area contributed by atoms with Gasteiger partial charge in [-0.25, -0.2) is 0 Å². The molecule has 0 spiro atoms. The first-order valence-electron chi connectivity index (χ1n) is 6.25. The second-order valence-electron chi connectivity index (χ2n) is 3.58. The van der Waals surface area contributed by atoms with E-state index in [-0.39, 0.29) is 0 Å². The molecule has 0 radical (unpaired) electrons. The first-order valence-corrected chi connectivity index (χ1v) is 7.93. The Morgan fingerprint density at radius 3 is 2.48 bits per heavy atom. The molecule has 8 heteroatoms. The quantitative estimate of drug-likeness (QED) is 0.338. The van der Waals surface area contributed by atoms with Gasteiger partial charge in [0.1, 0.15) is 0 Å². The number of thioether (sulfide) groups is 1. The lowest BCUT2D eigenvalue weighted by Crippen LogP contribution is -2.16. The maximum Gasteiger partial charge on any atom is 0.187 e. The van der Waals surface area contributed by atoms with Crippen LogP contribution < -0.4 is 10.6 Å². The van der Waals surface area contributed by atoms with Gasteiger partial charge in [0, 0.05) is 12.2 Å². The monoisotopic (exact) mass is 322 g/mol. The van der Waals surface area contributed by atoms with Gasteiger partial charge in [0.25, 0.3) is 0 Å². The molecular formula is C13H18N6S2. The standard InChI is InChI=1S/C13H18N6S2/c1-3-14-12(20)18-15-9-10-16-19-13(21-2)17-11-7-5-4-6-8-11/h4-10H,3H2,1-2H3,(H,17,19)(H2,14,18,20)/b15-9+,16-10+. The van der Waals surface area contributed by atoms with Crippen LogP contribution in [0.5, 0.6) is 0 Å². The number of anilines is 1. The number of para-hydroxylation sites is 1. The summed E-state index contributed by atoms with van der Waals surface area (Å²) < 4.78 is 0. The number of benzene rings is 1. The predicted octanol–water partition coefficient (Wildman–Crippen LogP) is 2.68. The third-order valence-corrected chi connectivity index (χ3v) is 2.87. The van der Waals surface area contributed by atoms with E-state index < -0.39 is 0 Å². The van der Waals surface area contributed by atoms with Crippen molar-refractivity contribution in [3.63, 3.8) is 0 Å². The fraction of sp³-hybridized carbons (Fsp3) is 0.231. The van der Waals surface area contributed by atoms with Crippen LogP contribution in [-0.4, -0.2) is 35.6 Å². The van der Waals surface area contributed by atoms with Crippen LogP contribution in [0.3, 0.4) is 0 Å². The Kier molecular flexibility index (Phi) is 8.98. The van der Waals surface area contributed by atoms with Crippen LogP contribution >= 0.6 is 24.4 Å². The summed E-state index contributed by atoms with van der Waals surface area (Å²) in [5.74, 6) is 0. The average Bonchev–Trinajstić information content (AvgIpc) is 2.50. The van der Waals surface area contributed by atoms with Gasteiger partial charge in [0.05, 0.1) is 12.4 Å². The number of amidine groups is 2. The molecule has 0 fully saturated rings. The van der Waals surface area contributed by atoms with Crippen molar-refractivity contribution < 1.29 is 0 Å². The molecule has 2 N–H and O–H groups in total. The number of hydrogen-bond acceptors (Lipinski definition) is 5. The van der Waals surface area contributed by atoms with Crippen LogP contribution in [-0.2, 0) is 0 Å². The minimum atomic E-state index is 0.459. The SMILES string of the molecule is CCN/C(S)=N/N=C/C=N/N=C(/Nc1ccccc1)SC. The van der Waals surface area contributed by atoms with Gasteiger partial charge in [-0.1, -0.05) is 30.0 Å².